The van der Waals surface area contributed by atoms with E-state index in [-0.39, 0.29) is 13.0 Å². The number of aliphatic hydroxyl groups is 1. The largest absolute Gasteiger partial charge is 0.405 e. The highest BCUT2D eigenvalue weighted by molar-refractivity contribution is 7.10. The molecule has 9 heteroatoms. The van der Waals surface area contributed by atoms with Gasteiger partial charge in [-0.05, 0) is 17.9 Å². The van der Waals surface area contributed by atoms with Crippen LogP contribution in [0.4, 0.5) is 13.2 Å². The van der Waals surface area contributed by atoms with Crippen LogP contribution in [0.2, 0.25) is 0 Å². The van der Waals surface area contributed by atoms with Crippen LogP contribution in [0.15, 0.2) is 17.5 Å². The molecule has 1 aromatic heterocycles. The molecule has 1 atom stereocenters. The molecule has 1 heterocycles. The van der Waals surface area contributed by atoms with E-state index in [2.05, 4.69) is 5.32 Å². The molecule has 1 aromatic rings. The molecule has 5 nitrogen and oxygen atoms in total. The summed E-state index contributed by atoms with van der Waals surface area (Å²) in [6.07, 6.45) is -5.18. The molecule has 3 N–H and O–H groups in total. The van der Waals surface area contributed by atoms with Crippen LogP contribution in [0, 0.1) is 0 Å². The molecule has 20 heavy (non-hydrogen) atoms. The van der Waals surface area contributed by atoms with Gasteiger partial charge in [0.25, 0.3) is 0 Å². The first-order valence-electron chi connectivity index (χ1n) is 5.64. The van der Waals surface area contributed by atoms with E-state index in [0.29, 0.717) is 4.88 Å². The third kappa shape index (κ3) is 6.02. The van der Waals surface area contributed by atoms with E-state index in [0.717, 1.165) is 0 Å². The van der Waals surface area contributed by atoms with Crippen molar-refractivity contribution in [2.75, 3.05) is 13.1 Å². The lowest BCUT2D eigenvalue weighted by molar-refractivity contribution is -0.146. The summed E-state index contributed by atoms with van der Waals surface area (Å²) in [6.45, 7) is -1.57. The lowest BCUT2D eigenvalue weighted by Gasteiger charge is -2.10. The summed E-state index contributed by atoms with van der Waals surface area (Å²) < 4.78 is 35.4. The second-order valence-electron chi connectivity index (χ2n) is 3.87. The maximum Gasteiger partial charge on any atom is 0.405 e. The van der Waals surface area contributed by atoms with Crippen LogP contribution in [0.25, 0.3) is 0 Å². The van der Waals surface area contributed by atoms with Gasteiger partial charge < -0.3 is 15.7 Å². The van der Waals surface area contributed by atoms with Crippen LogP contribution in [0.1, 0.15) is 17.4 Å². The molecule has 0 radical (unpaired) electrons. The monoisotopic (exact) mass is 310 g/mol. The molecule has 0 spiro atoms. The Morgan fingerprint density at radius 1 is 1.30 bits per heavy atom. The molecule has 1 unspecified atom stereocenters. The molecule has 0 saturated heterocycles. The number of carbonyl (C=O) groups excluding carboxylic acids is 2. The first-order valence-corrected chi connectivity index (χ1v) is 6.52. The average molecular weight is 310 g/mol. The van der Waals surface area contributed by atoms with Crippen molar-refractivity contribution in [2.45, 2.75) is 18.7 Å². The van der Waals surface area contributed by atoms with Crippen LogP contribution in [0.5, 0.6) is 0 Å². The number of hydrogen-bond acceptors (Lipinski definition) is 4. The van der Waals surface area contributed by atoms with E-state index in [4.69, 9.17) is 0 Å². The van der Waals surface area contributed by atoms with Crippen molar-refractivity contribution in [3.05, 3.63) is 22.4 Å². The Balaban J connectivity index is 2.24. The Labute approximate surface area is 116 Å². The third-order valence-electron chi connectivity index (χ3n) is 2.23. The van der Waals surface area contributed by atoms with E-state index < -0.39 is 30.6 Å². The van der Waals surface area contributed by atoms with Crippen molar-refractivity contribution in [3.63, 3.8) is 0 Å². The van der Waals surface area contributed by atoms with Crippen molar-refractivity contribution < 1.29 is 27.9 Å². The molecule has 0 saturated carbocycles. The van der Waals surface area contributed by atoms with Gasteiger partial charge in [0.15, 0.2) is 0 Å². The summed E-state index contributed by atoms with van der Waals surface area (Å²) in [6, 6.07) is 3.47. The van der Waals surface area contributed by atoms with Gasteiger partial charge in [-0.25, -0.2) is 0 Å². The average Bonchev–Trinajstić information content (AvgIpc) is 2.88. The highest BCUT2D eigenvalue weighted by Crippen LogP contribution is 2.20. The third-order valence-corrected chi connectivity index (χ3v) is 3.20. The van der Waals surface area contributed by atoms with Gasteiger partial charge in [0.2, 0.25) is 0 Å². The molecule has 1 rings (SSSR count). The number of halogens is 3. The minimum absolute atomic E-state index is 0.0165. The number of alkyl halides is 3. The second kappa shape index (κ2) is 7.25. The smallest absolute Gasteiger partial charge is 0.388 e. The number of aliphatic hydroxyl groups excluding tert-OH is 1. The van der Waals surface area contributed by atoms with Crippen molar-refractivity contribution in [3.8, 4) is 0 Å². The minimum atomic E-state index is -4.56. The van der Waals surface area contributed by atoms with E-state index >= 15 is 0 Å². The second-order valence-corrected chi connectivity index (χ2v) is 4.85. The van der Waals surface area contributed by atoms with Crippen molar-refractivity contribution in [1.82, 2.24) is 10.6 Å². The number of thiophene rings is 1. The number of nitrogens with one attached hydrogen (secondary N) is 2. The van der Waals surface area contributed by atoms with Gasteiger partial charge in [0, 0.05) is 11.4 Å². The fraction of sp³-hybridized carbons (Fsp3) is 0.455. The fourth-order valence-electron chi connectivity index (χ4n) is 1.29. The Bertz CT molecular complexity index is 448. The van der Waals surface area contributed by atoms with Crippen molar-refractivity contribution in [1.29, 1.82) is 0 Å². The molecule has 0 fully saturated rings. The summed E-state index contributed by atoms with van der Waals surface area (Å²) in [5.41, 5.74) is 0. The predicted octanol–water partition coefficient (Wildman–Crippen LogP) is 0.966. The summed E-state index contributed by atoms with van der Waals surface area (Å²) in [4.78, 5) is 22.9. The molecular weight excluding hydrogens is 297 g/mol. The number of amides is 2. The quantitative estimate of drug-likeness (QED) is 0.709. The van der Waals surface area contributed by atoms with Gasteiger partial charge in [-0.2, -0.15) is 13.2 Å². The number of carbonyl (C=O) groups is 2. The van der Waals surface area contributed by atoms with E-state index in [1.54, 1.807) is 17.5 Å². The molecular formula is C11H13F3N2O3S. The molecule has 0 aliphatic heterocycles. The van der Waals surface area contributed by atoms with E-state index in [9.17, 15) is 27.9 Å². The summed E-state index contributed by atoms with van der Waals surface area (Å²) >= 11 is 1.34. The molecule has 0 aliphatic rings. The maximum absolute atomic E-state index is 11.8. The summed E-state index contributed by atoms with van der Waals surface area (Å²) in [5.74, 6) is -2.51. The number of hydrogen-bond donors (Lipinski definition) is 3. The van der Waals surface area contributed by atoms with Crippen LogP contribution >= 0.6 is 11.3 Å². The zero-order chi connectivity index (χ0) is 15.2. The molecule has 0 aliphatic carbocycles. The van der Waals surface area contributed by atoms with Crippen LogP contribution in [0.3, 0.4) is 0 Å². The number of rotatable bonds is 5. The van der Waals surface area contributed by atoms with E-state index in [1.165, 1.54) is 16.7 Å². The fourth-order valence-corrected chi connectivity index (χ4v) is 2.03. The maximum atomic E-state index is 11.8. The first kappa shape index (κ1) is 16.4. The zero-order valence-corrected chi connectivity index (χ0v) is 11.1. The first-order chi connectivity index (χ1) is 9.29. The Kier molecular flexibility index (Phi) is 5.96. The zero-order valence-electron chi connectivity index (χ0n) is 10.2. The van der Waals surface area contributed by atoms with Crippen molar-refractivity contribution in [2.24, 2.45) is 0 Å². The summed E-state index contributed by atoms with van der Waals surface area (Å²) in [7, 11) is 0. The van der Waals surface area contributed by atoms with E-state index in [1.807, 2.05) is 0 Å². The van der Waals surface area contributed by atoms with Crippen LogP contribution in [-0.2, 0) is 9.59 Å². The minimum Gasteiger partial charge on any atom is -0.388 e. The molecule has 0 bridgehead atoms. The van der Waals surface area contributed by atoms with Gasteiger partial charge in [0.1, 0.15) is 6.54 Å². The Morgan fingerprint density at radius 3 is 2.50 bits per heavy atom. The summed E-state index contributed by atoms with van der Waals surface area (Å²) in [5, 5.41) is 15.0. The molecule has 2 amide bonds. The highest BCUT2D eigenvalue weighted by atomic mass is 32.1. The SMILES string of the molecule is O=C(NCCC(O)c1cccs1)C(=O)NCC(F)(F)F. The normalized spacial score (nSPS) is 12.8. The van der Waals surface area contributed by atoms with Crippen molar-refractivity contribution >= 4 is 23.2 Å². The highest BCUT2D eigenvalue weighted by Gasteiger charge is 2.29. The van der Waals surface area contributed by atoms with Crippen LogP contribution < -0.4 is 10.6 Å². The predicted molar refractivity (Wildman–Crippen MR) is 66.0 cm³/mol. The molecule has 0 aromatic carbocycles. The van der Waals surface area contributed by atoms with Gasteiger partial charge >= 0.3 is 18.0 Å². The van der Waals surface area contributed by atoms with Gasteiger partial charge in [-0.1, -0.05) is 6.07 Å². The van der Waals surface area contributed by atoms with Gasteiger partial charge in [0.05, 0.1) is 6.10 Å². The lowest BCUT2D eigenvalue weighted by atomic mass is 10.2. The Hall–Kier alpha value is -1.61. The van der Waals surface area contributed by atoms with Gasteiger partial charge in [-0.3, -0.25) is 9.59 Å². The Morgan fingerprint density at radius 2 is 1.95 bits per heavy atom. The van der Waals surface area contributed by atoms with Gasteiger partial charge in [-0.15, -0.1) is 11.3 Å². The molecule has 112 valence electrons. The standard InChI is InChI=1S/C11H13F3N2O3S/c12-11(13,14)6-16-10(19)9(18)15-4-3-7(17)8-2-1-5-20-8/h1-2,5,7,17H,3-4,6H2,(H,15,18)(H,16,19). The van der Waals surface area contributed by atoms with Crippen LogP contribution in [-0.4, -0.2) is 36.2 Å². The topological polar surface area (TPSA) is 78.4 Å². The lowest BCUT2D eigenvalue weighted by Crippen LogP contribution is -2.43.